The smallest absolute Gasteiger partial charge is 0.0888 e. The average molecular weight is 272 g/mol. The Labute approximate surface area is 114 Å². The second-order valence-corrected chi connectivity index (χ2v) is 5.30. The molecule has 0 aliphatic heterocycles. The Bertz CT molecular complexity index is 399. The summed E-state index contributed by atoms with van der Waals surface area (Å²) in [6, 6.07) is 0.0972. The molecule has 1 saturated carbocycles. The van der Waals surface area contributed by atoms with Gasteiger partial charge in [0.05, 0.1) is 28.6 Å². The summed E-state index contributed by atoms with van der Waals surface area (Å²) in [4.78, 5) is 0. The van der Waals surface area contributed by atoms with Crippen molar-refractivity contribution < 1.29 is 4.74 Å². The lowest BCUT2D eigenvalue weighted by Gasteiger charge is -2.36. The monoisotopic (exact) mass is 271 g/mol. The Morgan fingerprint density at radius 2 is 2.22 bits per heavy atom. The molecule has 1 aromatic rings. The largest absolute Gasteiger partial charge is 0.376 e. The predicted molar refractivity (Wildman–Crippen MR) is 72.9 cm³/mol. The second kappa shape index (κ2) is 5.59. The maximum Gasteiger partial charge on any atom is 0.0888 e. The molecular formula is C13H22ClN3O. The fraction of sp³-hybridized carbons (Fsp3) is 0.769. The van der Waals surface area contributed by atoms with Crippen molar-refractivity contribution in [3.8, 4) is 0 Å². The number of methoxy groups -OCH3 is 1. The molecule has 0 spiro atoms. The molecule has 0 amide bonds. The molecule has 0 aromatic carbocycles. The normalized spacial score (nSPS) is 20.2. The molecule has 0 saturated heterocycles. The zero-order valence-electron chi connectivity index (χ0n) is 11.4. The van der Waals surface area contributed by atoms with Crippen molar-refractivity contribution in [1.29, 1.82) is 0 Å². The number of hydrogen-bond donors (Lipinski definition) is 1. The Hall–Kier alpha value is -0.580. The highest BCUT2D eigenvalue weighted by Crippen LogP contribution is 2.43. The molecule has 0 radical (unpaired) electrons. The van der Waals surface area contributed by atoms with Gasteiger partial charge in [-0.05, 0) is 26.8 Å². The fourth-order valence-electron chi connectivity index (χ4n) is 3.14. The molecule has 1 aliphatic carbocycles. The van der Waals surface area contributed by atoms with Crippen LogP contribution in [0.4, 0.5) is 0 Å². The van der Waals surface area contributed by atoms with Gasteiger partial charge in [0.1, 0.15) is 0 Å². The van der Waals surface area contributed by atoms with E-state index < -0.39 is 0 Å². The highest BCUT2D eigenvalue weighted by molar-refractivity contribution is 6.31. The third-order valence-corrected chi connectivity index (χ3v) is 4.37. The minimum atomic E-state index is -0.147. The van der Waals surface area contributed by atoms with Gasteiger partial charge < -0.3 is 10.1 Å². The molecule has 1 fully saturated rings. The quantitative estimate of drug-likeness (QED) is 0.895. The van der Waals surface area contributed by atoms with Crippen LogP contribution in [0.2, 0.25) is 5.02 Å². The summed E-state index contributed by atoms with van der Waals surface area (Å²) >= 11 is 6.32. The molecule has 1 unspecified atom stereocenters. The lowest BCUT2D eigenvalue weighted by Crippen LogP contribution is -2.43. The van der Waals surface area contributed by atoms with Crippen LogP contribution >= 0.6 is 11.6 Å². The third kappa shape index (κ3) is 2.17. The van der Waals surface area contributed by atoms with E-state index in [9.17, 15) is 0 Å². The molecule has 102 valence electrons. The van der Waals surface area contributed by atoms with Gasteiger partial charge in [-0.2, -0.15) is 5.10 Å². The fourth-order valence-corrected chi connectivity index (χ4v) is 3.39. The van der Waals surface area contributed by atoms with Gasteiger partial charge in [0, 0.05) is 13.7 Å². The van der Waals surface area contributed by atoms with Crippen LogP contribution in [-0.2, 0) is 11.3 Å². The van der Waals surface area contributed by atoms with Gasteiger partial charge in [-0.15, -0.1) is 0 Å². The van der Waals surface area contributed by atoms with Crippen LogP contribution < -0.4 is 5.32 Å². The molecule has 5 heteroatoms. The molecular weight excluding hydrogens is 250 g/mol. The van der Waals surface area contributed by atoms with Gasteiger partial charge >= 0.3 is 0 Å². The third-order valence-electron chi connectivity index (χ3n) is 4.08. The van der Waals surface area contributed by atoms with Crippen LogP contribution in [0.3, 0.4) is 0 Å². The van der Waals surface area contributed by atoms with Gasteiger partial charge in [-0.3, -0.25) is 4.68 Å². The lowest BCUT2D eigenvalue weighted by molar-refractivity contribution is -0.0370. The molecule has 1 heterocycles. The summed E-state index contributed by atoms with van der Waals surface area (Å²) in [5.74, 6) is 0. The number of rotatable bonds is 5. The highest BCUT2D eigenvalue weighted by Gasteiger charge is 2.43. The van der Waals surface area contributed by atoms with Crippen molar-refractivity contribution >= 4 is 11.6 Å². The number of nitrogens with zero attached hydrogens (tertiary/aromatic N) is 2. The maximum atomic E-state index is 6.32. The summed E-state index contributed by atoms with van der Waals surface area (Å²) in [5.41, 5.74) is 0.899. The van der Waals surface area contributed by atoms with Gasteiger partial charge in [-0.1, -0.05) is 24.4 Å². The van der Waals surface area contributed by atoms with Crippen molar-refractivity contribution in [2.24, 2.45) is 0 Å². The highest BCUT2D eigenvalue weighted by atomic mass is 35.5. The van der Waals surface area contributed by atoms with E-state index in [0.717, 1.165) is 30.1 Å². The minimum Gasteiger partial charge on any atom is -0.376 e. The van der Waals surface area contributed by atoms with Gasteiger partial charge in [0.15, 0.2) is 0 Å². The second-order valence-electron chi connectivity index (χ2n) is 4.89. The van der Waals surface area contributed by atoms with Crippen LogP contribution in [0.15, 0.2) is 6.20 Å². The van der Waals surface area contributed by atoms with Crippen molar-refractivity contribution in [2.75, 3.05) is 14.2 Å². The van der Waals surface area contributed by atoms with Gasteiger partial charge in [0.2, 0.25) is 0 Å². The van der Waals surface area contributed by atoms with Crippen molar-refractivity contribution in [3.05, 3.63) is 16.9 Å². The molecule has 1 N–H and O–H groups in total. The van der Waals surface area contributed by atoms with E-state index in [1.165, 1.54) is 12.8 Å². The summed E-state index contributed by atoms with van der Waals surface area (Å²) in [6.45, 7) is 2.90. The van der Waals surface area contributed by atoms with Crippen LogP contribution in [0.5, 0.6) is 0 Å². The summed E-state index contributed by atoms with van der Waals surface area (Å²) in [7, 11) is 3.77. The van der Waals surface area contributed by atoms with Crippen molar-refractivity contribution in [2.45, 2.75) is 50.8 Å². The Morgan fingerprint density at radius 1 is 1.56 bits per heavy atom. The Kier molecular flexibility index (Phi) is 4.30. The number of likely N-dealkylation sites (N-methyl/N-ethyl adjacent to an activating group) is 1. The number of nitrogens with one attached hydrogen (secondary N) is 1. The number of aromatic nitrogens is 2. The first-order chi connectivity index (χ1) is 8.68. The standard InChI is InChI=1S/C13H22ClN3O/c1-4-17-11(10(14)9-16-17)12(15-2)13(18-3)7-5-6-8-13/h9,12,15H,4-8H2,1-3H3. The maximum absolute atomic E-state index is 6.32. The Balaban J connectivity index is 2.40. The van der Waals surface area contributed by atoms with E-state index in [1.54, 1.807) is 13.3 Å². The van der Waals surface area contributed by atoms with Crippen LogP contribution in [0.1, 0.15) is 44.3 Å². The van der Waals surface area contributed by atoms with Crippen molar-refractivity contribution in [1.82, 2.24) is 15.1 Å². The molecule has 1 aromatic heterocycles. The zero-order valence-corrected chi connectivity index (χ0v) is 12.1. The molecule has 18 heavy (non-hydrogen) atoms. The summed E-state index contributed by atoms with van der Waals surface area (Å²) < 4.78 is 7.83. The number of aryl methyl sites for hydroxylation is 1. The zero-order chi connectivity index (χ0) is 13.2. The van der Waals surface area contributed by atoms with Gasteiger partial charge in [0.25, 0.3) is 0 Å². The van der Waals surface area contributed by atoms with E-state index in [0.29, 0.717) is 0 Å². The van der Waals surface area contributed by atoms with E-state index in [-0.39, 0.29) is 11.6 Å². The average Bonchev–Trinajstić information content (AvgIpc) is 3.00. The first-order valence-corrected chi connectivity index (χ1v) is 7.00. The molecule has 4 nitrogen and oxygen atoms in total. The first-order valence-electron chi connectivity index (χ1n) is 6.62. The van der Waals surface area contributed by atoms with Gasteiger partial charge in [-0.25, -0.2) is 0 Å². The predicted octanol–water partition coefficient (Wildman–Crippen LogP) is 2.78. The number of halogens is 1. The molecule has 1 aliphatic rings. The van der Waals surface area contributed by atoms with Crippen LogP contribution in [0.25, 0.3) is 0 Å². The summed E-state index contributed by atoms with van der Waals surface area (Å²) in [6.07, 6.45) is 6.29. The molecule has 1 atom stereocenters. The van der Waals surface area contributed by atoms with E-state index in [4.69, 9.17) is 16.3 Å². The lowest BCUT2D eigenvalue weighted by atomic mass is 9.89. The first kappa shape index (κ1) is 13.8. The molecule has 2 rings (SSSR count). The van der Waals surface area contributed by atoms with E-state index in [2.05, 4.69) is 17.3 Å². The van der Waals surface area contributed by atoms with E-state index in [1.807, 2.05) is 11.7 Å². The minimum absolute atomic E-state index is 0.0972. The number of hydrogen-bond acceptors (Lipinski definition) is 3. The molecule has 0 bridgehead atoms. The summed E-state index contributed by atoms with van der Waals surface area (Å²) in [5, 5.41) is 8.43. The SMILES string of the molecule is CCn1ncc(Cl)c1C(NC)C1(OC)CCCC1. The van der Waals surface area contributed by atoms with E-state index >= 15 is 0 Å². The van der Waals surface area contributed by atoms with Crippen LogP contribution in [0, 0.1) is 0 Å². The van der Waals surface area contributed by atoms with Crippen molar-refractivity contribution in [3.63, 3.8) is 0 Å². The van der Waals surface area contributed by atoms with Crippen LogP contribution in [-0.4, -0.2) is 29.5 Å². The number of ether oxygens (including phenoxy) is 1. The topological polar surface area (TPSA) is 39.1 Å². The Morgan fingerprint density at radius 3 is 2.72 bits per heavy atom.